The zero-order chi connectivity index (χ0) is 20.1. The number of likely N-dealkylation sites (tertiary alicyclic amines) is 1. The third-order valence-electron chi connectivity index (χ3n) is 5.07. The fraction of sp³-hybridized carbons (Fsp3) is 0.333. The molecule has 0 aromatic carbocycles. The minimum absolute atomic E-state index is 0.0258. The largest absolute Gasteiger partial charge is 0.355 e. The molecule has 29 heavy (non-hydrogen) atoms. The summed E-state index contributed by atoms with van der Waals surface area (Å²) in [6.07, 6.45) is 4.15. The van der Waals surface area contributed by atoms with E-state index in [0.717, 1.165) is 19.3 Å². The van der Waals surface area contributed by atoms with Gasteiger partial charge in [0.1, 0.15) is 11.4 Å². The lowest BCUT2D eigenvalue weighted by atomic mass is 9.96. The second kappa shape index (κ2) is 9.00. The zero-order valence-electron chi connectivity index (χ0n) is 16.0. The summed E-state index contributed by atoms with van der Waals surface area (Å²) in [5.74, 6) is -0.275. The lowest BCUT2D eigenvalue weighted by Crippen LogP contribution is -2.45. The Morgan fingerprint density at radius 3 is 2.97 bits per heavy atom. The second-order valence-corrected chi connectivity index (χ2v) is 8.12. The van der Waals surface area contributed by atoms with E-state index in [1.807, 2.05) is 29.6 Å². The first-order valence-corrected chi connectivity index (χ1v) is 10.6. The highest BCUT2D eigenvalue weighted by Gasteiger charge is 2.29. The van der Waals surface area contributed by atoms with Crippen LogP contribution in [0.25, 0.3) is 11.4 Å². The van der Waals surface area contributed by atoms with E-state index in [0.29, 0.717) is 36.7 Å². The fourth-order valence-corrected chi connectivity index (χ4v) is 4.24. The lowest BCUT2D eigenvalue weighted by Gasteiger charge is -2.31. The predicted octanol–water partition coefficient (Wildman–Crippen LogP) is 2.74. The number of carbonyl (C=O) groups is 2. The normalized spacial score (nSPS) is 16.6. The van der Waals surface area contributed by atoms with Crippen molar-refractivity contribution in [1.29, 1.82) is 0 Å². The Kier molecular flexibility index (Phi) is 6.00. The van der Waals surface area contributed by atoms with Gasteiger partial charge in [-0.3, -0.25) is 19.7 Å². The van der Waals surface area contributed by atoms with E-state index in [9.17, 15) is 9.59 Å². The molecule has 0 radical (unpaired) electrons. The number of amides is 2. The molecule has 2 N–H and O–H groups in total. The van der Waals surface area contributed by atoms with Gasteiger partial charge in [-0.1, -0.05) is 12.1 Å². The van der Waals surface area contributed by atoms with E-state index < -0.39 is 0 Å². The molecule has 3 aromatic rings. The van der Waals surface area contributed by atoms with Gasteiger partial charge in [-0.2, -0.15) is 5.10 Å². The fourth-order valence-electron chi connectivity index (χ4n) is 3.53. The number of carbonyl (C=O) groups excluding carboxylic acids is 2. The minimum Gasteiger partial charge on any atom is -0.355 e. The standard InChI is InChI=1S/C21H23N5O2S/c27-20(23-10-8-16-6-4-12-29-16)15-5-3-11-26(14-15)21(28)19-13-18(24-25-19)17-7-1-2-9-22-17/h1-2,4,6-7,9,12-13,15H,3,5,8,10-11,14H2,(H,23,27)(H,24,25)/t15-/m0/s1. The molecule has 8 heteroatoms. The molecular formula is C21H23N5O2S. The first kappa shape index (κ1) is 19.3. The van der Waals surface area contributed by atoms with Crippen LogP contribution in [-0.4, -0.2) is 51.5 Å². The van der Waals surface area contributed by atoms with Gasteiger partial charge >= 0.3 is 0 Å². The number of aromatic nitrogens is 3. The topological polar surface area (TPSA) is 91.0 Å². The van der Waals surface area contributed by atoms with E-state index in [1.54, 1.807) is 28.5 Å². The predicted molar refractivity (Wildman–Crippen MR) is 111 cm³/mol. The molecule has 1 aliphatic heterocycles. The van der Waals surface area contributed by atoms with Crippen LogP contribution in [0, 0.1) is 5.92 Å². The molecule has 4 rings (SSSR count). The van der Waals surface area contributed by atoms with Crippen LogP contribution in [0.5, 0.6) is 0 Å². The molecule has 3 aromatic heterocycles. The molecule has 4 heterocycles. The van der Waals surface area contributed by atoms with Crippen molar-refractivity contribution in [2.45, 2.75) is 19.3 Å². The SMILES string of the molecule is O=C(NCCc1cccs1)[C@H]1CCCN(C(=O)c2cc(-c3ccccn3)n[nH]2)C1. The molecule has 2 amide bonds. The van der Waals surface area contributed by atoms with Gasteiger partial charge in [-0.25, -0.2) is 0 Å². The highest BCUT2D eigenvalue weighted by atomic mass is 32.1. The Bertz CT molecular complexity index is 955. The minimum atomic E-state index is -0.172. The van der Waals surface area contributed by atoms with E-state index >= 15 is 0 Å². The summed E-state index contributed by atoms with van der Waals surface area (Å²) >= 11 is 1.69. The number of nitrogens with one attached hydrogen (secondary N) is 2. The summed E-state index contributed by atoms with van der Waals surface area (Å²) in [5, 5.41) is 12.1. The van der Waals surface area contributed by atoms with Crippen LogP contribution in [0.2, 0.25) is 0 Å². The van der Waals surface area contributed by atoms with Crippen molar-refractivity contribution in [1.82, 2.24) is 25.4 Å². The van der Waals surface area contributed by atoms with Gasteiger partial charge in [0.05, 0.1) is 11.6 Å². The van der Waals surface area contributed by atoms with Gasteiger partial charge in [0.2, 0.25) is 5.91 Å². The number of hydrogen-bond acceptors (Lipinski definition) is 5. The van der Waals surface area contributed by atoms with Crippen LogP contribution >= 0.6 is 11.3 Å². The van der Waals surface area contributed by atoms with E-state index in [2.05, 4.69) is 26.6 Å². The van der Waals surface area contributed by atoms with Gasteiger partial charge < -0.3 is 10.2 Å². The molecule has 0 spiro atoms. The Hall–Kier alpha value is -3.00. The average molecular weight is 410 g/mol. The molecule has 1 aliphatic rings. The summed E-state index contributed by atoms with van der Waals surface area (Å²) in [5.41, 5.74) is 1.77. The number of hydrogen-bond donors (Lipinski definition) is 2. The first-order valence-electron chi connectivity index (χ1n) is 9.77. The molecule has 7 nitrogen and oxygen atoms in total. The van der Waals surface area contributed by atoms with Crippen molar-refractivity contribution in [3.8, 4) is 11.4 Å². The number of thiophene rings is 1. The van der Waals surface area contributed by atoms with Crippen LogP contribution in [0.15, 0.2) is 48.0 Å². The van der Waals surface area contributed by atoms with Crippen molar-refractivity contribution >= 4 is 23.2 Å². The zero-order valence-corrected chi connectivity index (χ0v) is 16.8. The molecule has 1 fully saturated rings. The highest BCUT2D eigenvalue weighted by Crippen LogP contribution is 2.20. The maximum atomic E-state index is 12.9. The molecule has 150 valence electrons. The van der Waals surface area contributed by atoms with E-state index in [-0.39, 0.29) is 17.7 Å². The van der Waals surface area contributed by atoms with Crippen molar-refractivity contribution in [3.05, 3.63) is 58.5 Å². The first-order chi connectivity index (χ1) is 14.2. The van der Waals surface area contributed by atoms with Gasteiger partial charge in [0.25, 0.3) is 5.91 Å². The molecule has 1 saturated heterocycles. The van der Waals surface area contributed by atoms with Crippen molar-refractivity contribution in [2.75, 3.05) is 19.6 Å². The summed E-state index contributed by atoms with van der Waals surface area (Å²) in [4.78, 5) is 32.7. The number of nitrogens with zero attached hydrogens (tertiary/aromatic N) is 3. The Labute approximate surface area is 173 Å². The summed E-state index contributed by atoms with van der Waals surface area (Å²) in [6.45, 7) is 1.70. The van der Waals surface area contributed by atoms with Crippen molar-refractivity contribution in [3.63, 3.8) is 0 Å². The van der Waals surface area contributed by atoms with E-state index in [4.69, 9.17) is 0 Å². The average Bonchev–Trinajstić information content (AvgIpc) is 3.46. The van der Waals surface area contributed by atoms with Crippen LogP contribution in [0.1, 0.15) is 28.2 Å². The second-order valence-electron chi connectivity index (χ2n) is 7.09. The van der Waals surface area contributed by atoms with Crippen LogP contribution < -0.4 is 5.32 Å². The van der Waals surface area contributed by atoms with Gasteiger partial charge in [0.15, 0.2) is 0 Å². The number of piperidine rings is 1. The Morgan fingerprint density at radius 2 is 2.17 bits per heavy atom. The number of pyridine rings is 1. The van der Waals surface area contributed by atoms with Crippen molar-refractivity contribution in [2.24, 2.45) is 5.92 Å². The Balaban J connectivity index is 1.33. The molecule has 1 atom stereocenters. The maximum Gasteiger partial charge on any atom is 0.271 e. The quantitative estimate of drug-likeness (QED) is 0.655. The summed E-state index contributed by atoms with van der Waals surface area (Å²) in [7, 11) is 0. The van der Waals surface area contributed by atoms with Crippen LogP contribution in [0.3, 0.4) is 0 Å². The lowest BCUT2D eigenvalue weighted by molar-refractivity contribution is -0.126. The molecule has 0 bridgehead atoms. The monoisotopic (exact) mass is 409 g/mol. The number of H-pyrrole nitrogens is 1. The maximum absolute atomic E-state index is 12.9. The third-order valence-corrected chi connectivity index (χ3v) is 6.00. The van der Waals surface area contributed by atoms with Crippen molar-refractivity contribution < 1.29 is 9.59 Å². The summed E-state index contributed by atoms with van der Waals surface area (Å²) < 4.78 is 0. The third kappa shape index (κ3) is 4.71. The smallest absolute Gasteiger partial charge is 0.271 e. The Morgan fingerprint density at radius 1 is 1.24 bits per heavy atom. The molecular weight excluding hydrogens is 386 g/mol. The number of rotatable bonds is 6. The van der Waals surface area contributed by atoms with Crippen LogP contribution in [-0.2, 0) is 11.2 Å². The van der Waals surface area contributed by atoms with Crippen LogP contribution in [0.4, 0.5) is 0 Å². The highest BCUT2D eigenvalue weighted by molar-refractivity contribution is 7.09. The molecule has 0 unspecified atom stereocenters. The summed E-state index contributed by atoms with van der Waals surface area (Å²) in [6, 6.07) is 11.4. The molecule has 0 saturated carbocycles. The molecule has 0 aliphatic carbocycles. The van der Waals surface area contributed by atoms with E-state index in [1.165, 1.54) is 4.88 Å². The number of aromatic amines is 1. The van der Waals surface area contributed by atoms with Gasteiger partial charge in [0, 0.05) is 30.7 Å². The van der Waals surface area contributed by atoms with Gasteiger partial charge in [-0.15, -0.1) is 11.3 Å². The van der Waals surface area contributed by atoms with Gasteiger partial charge in [-0.05, 0) is 48.9 Å².